The predicted octanol–water partition coefficient (Wildman–Crippen LogP) is 0.0641. The van der Waals surface area contributed by atoms with Gasteiger partial charge in [-0.05, 0) is 19.9 Å². The number of rotatable bonds is 7. The molecular formula is C17H20N8O2. The Morgan fingerprint density at radius 2 is 2.04 bits per heavy atom. The maximum absolute atomic E-state index is 11.9. The lowest BCUT2D eigenvalue weighted by molar-refractivity contribution is -0.121. The molecule has 27 heavy (non-hydrogen) atoms. The maximum Gasteiger partial charge on any atom is 0.267 e. The quantitative estimate of drug-likeness (QED) is 0.566. The van der Waals surface area contributed by atoms with E-state index >= 15 is 0 Å². The third-order valence-electron chi connectivity index (χ3n) is 3.98. The summed E-state index contributed by atoms with van der Waals surface area (Å²) in [5, 5.41) is 9.70. The van der Waals surface area contributed by atoms with E-state index in [2.05, 4.69) is 30.7 Å². The molecule has 0 aromatic carbocycles. The van der Waals surface area contributed by atoms with E-state index in [1.807, 2.05) is 24.5 Å². The van der Waals surface area contributed by atoms with Crippen molar-refractivity contribution in [2.45, 2.75) is 20.4 Å². The van der Waals surface area contributed by atoms with Gasteiger partial charge >= 0.3 is 0 Å². The van der Waals surface area contributed by atoms with Gasteiger partial charge in [0, 0.05) is 37.1 Å². The van der Waals surface area contributed by atoms with Crippen molar-refractivity contribution in [3.05, 3.63) is 58.8 Å². The van der Waals surface area contributed by atoms with Crippen LogP contribution in [-0.2, 0) is 11.3 Å². The van der Waals surface area contributed by atoms with Crippen molar-refractivity contribution in [1.82, 2.24) is 34.6 Å². The van der Waals surface area contributed by atoms with Crippen LogP contribution < -0.4 is 16.2 Å². The van der Waals surface area contributed by atoms with Gasteiger partial charge in [0.25, 0.3) is 5.56 Å². The number of carbonyl (C=O) groups is 1. The molecule has 2 N–H and O–H groups in total. The van der Waals surface area contributed by atoms with E-state index in [9.17, 15) is 9.59 Å². The molecule has 0 aliphatic heterocycles. The SMILES string of the molecule is Cc1ncn(-c2cc(NCCNC(=O)Cn3ncccc3=O)ncn2)c1C. The van der Waals surface area contributed by atoms with Crippen molar-refractivity contribution >= 4 is 11.7 Å². The van der Waals surface area contributed by atoms with Crippen LogP contribution in [0.1, 0.15) is 11.4 Å². The van der Waals surface area contributed by atoms with Crippen LogP contribution in [0.2, 0.25) is 0 Å². The van der Waals surface area contributed by atoms with Crippen molar-refractivity contribution in [1.29, 1.82) is 0 Å². The molecule has 0 saturated heterocycles. The zero-order valence-corrected chi connectivity index (χ0v) is 15.1. The van der Waals surface area contributed by atoms with Gasteiger partial charge < -0.3 is 10.6 Å². The molecule has 3 aromatic rings. The Balaban J connectivity index is 1.50. The normalized spacial score (nSPS) is 10.6. The largest absolute Gasteiger partial charge is 0.368 e. The molecule has 140 valence electrons. The first-order chi connectivity index (χ1) is 13.0. The lowest BCUT2D eigenvalue weighted by Crippen LogP contribution is -2.35. The minimum Gasteiger partial charge on any atom is -0.368 e. The van der Waals surface area contributed by atoms with Gasteiger partial charge in [-0.1, -0.05) is 0 Å². The molecule has 0 radical (unpaired) electrons. The summed E-state index contributed by atoms with van der Waals surface area (Å²) in [5.41, 5.74) is 1.64. The zero-order valence-electron chi connectivity index (χ0n) is 15.1. The summed E-state index contributed by atoms with van der Waals surface area (Å²) in [6.45, 7) is 4.65. The lowest BCUT2D eigenvalue weighted by Gasteiger charge is -2.09. The molecular weight excluding hydrogens is 348 g/mol. The molecule has 10 heteroatoms. The molecule has 0 aliphatic carbocycles. The minimum atomic E-state index is -0.315. The summed E-state index contributed by atoms with van der Waals surface area (Å²) >= 11 is 0. The van der Waals surface area contributed by atoms with Crippen molar-refractivity contribution in [2.75, 3.05) is 18.4 Å². The molecule has 0 fully saturated rings. The molecule has 3 heterocycles. The van der Waals surface area contributed by atoms with E-state index in [-0.39, 0.29) is 18.0 Å². The first-order valence-corrected chi connectivity index (χ1v) is 8.40. The van der Waals surface area contributed by atoms with Crippen LogP contribution in [0.4, 0.5) is 5.82 Å². The van der Waals surface area contributed by atoms with E-state index in [1.54, 1.807) is 6.33 Å². The van der Waals surface area contributed by atoms with Gasteiger partial charge in [0.1, 0.15) is 30.8 Å². The smallest absolute Gasteiger partial charge is 0.267 e. The van der Waals surface area contributed by atoms with Crippen LogP contribution in [0.25, 0.3) is 5.82 Å². The highest BCUT2D eigenvalue weighted by molar-refractivity contribution is 5.75. The second-order valence-corrected chi connectivity index (χ2v) is 5.84. The summed E-state index contributed by atoms with van der Waals surface area (Å²) in [6.07, 6.45) is 4.65. The Bertz CT molecular complexity index is 994. The van der Waals surface area contributed by atoms with Gasteiger partial charge in [-0.25, -0.2) is 19.6 Å². The topological polar surface area (TPSA) is 120 Å². The number of nitrogens with one attached hydrogen (secondary N) is 2. The summed E-state index contributed by atoms with van der Waals surface area (Å²) < 4.78 is 2.99. The van der Waals surface area contributed by atoms with E-state index in [4.69, 9.17) is 0 Å². The summed E-state index contributed by atoms with van der Waals surface area (Å²) in [7, 11) is 0. The maximum atomic E-state index is 11.9. The summed E-state index contributed by atoms with van der Waals surface area (Å²) in [6, 6.07) is 4.70. The first kappa shape index (κ1) is 18.2. The molecule has 0 spiro atoms. The highest BCUT2D eigenvalue weighted by Gasteiger charge is 2.07. The molecule has 1 amide bonds. The van der Waals surface area contributed by atoms with Crippen LogP contribution in [0.15, 0.2) is 41.8 Å². The van der Waals surface area contributed by atoms with Gasteiger partial charge in [0.2, 0.25) is 5.91 Å². The number of amides is 1. The molecule has 0 bridgehead atoms. The lowest BCUT2D eigenvalue weighted by atomic mass is 10.4. The average molecular weight is 368 g/mol. The highest BCUT2D eigenvalue weighted by Crippen LogP contribution is 2.13. The number of aromatic nitrogens is 6. The van der Waals surface area contributed by atoms with Crippen LogP contribution >= 0.6 is 0 Å². The Labute approximate surface area is 155 Å². The van der Waals surface area contributed by atoms with Crippen LogP contribution in [0.3, 0.4) is 0 Å². The molecule has 3 rings (SSSR count). The van der Waals surface area contributed by atoms with Crippen molar-refractivity contribution < 1.29 is 4.79 Å². The van der Waals surface area contributed by atoms with Gasteiger partial charge in [0.05, 0.1) is 5.69 Å². The number of hydrogen-bond donors (Lipinski definition) is 2. The van der Waals surface area contributed by atoms with E-state index in [0.29, 0.717) is 24.7 Å². The Hall–Kier alpha value is -3.56. The van der Waals surface area contributed by atoms with Gasteiger partial charge in [0.15, 0.2) is 0 Å². The number of aryl methyl sites for hydroxylation is 1. The predicted molar refractivity (Wildman–Crippen MR) is 98.6 cm³/mol. The highest BCUT2D eigenvalue weighted by atomic mass is 16.2. The Morgan fingerprint density at radius 1 is 1.19 bits per heavy atom. The van der Waals surface area contributed by atoms with Crippen LogP contribution in [0.5, 0.6) is 0 Å². The number of carbonyl (C=O) groups excluding carboxylic acids is 1. The third-order valence-corrected chi connectivity index (χ3v) is 3.98. The van der Waals surface area contributed by atoms with E-state index in [0.717, 1.165) is 16.1 Å². The standard InChI is InChI=1S/C17H20N8O2/c1-12-13(2)24(11-22-12)15-8-14(20-10-21-15)18-6-7-19-16(26)9-25-17(27)4-3-5-23-25/h3-5,8,10-11H,6-7,9H2,1-2H3,(H,19,26)(H,18,20,21). The monoisotopic (exact) mass is 368 g/mol. The number of imidazole rings is 1. The van der Waals surface area contributed by atoms with Gasteiger partial charge in [-0.2, -0.15) is 5.10 Å². The van der Waals surface area contributed by atoms with Gasteiger partial charge in [-0.15, -0.1) is 0 Å². The molecule has 0 saturated carbocycles. The number of anilines is 1. The Kier molecular flexibility index (Phi) is 5.55. The fourth-order valence-electron chi connectivity index (χ4n) is 2.40. The second kappa shape index (κ2) is 8.21. The summed E-state index contributed by atoms with van der Waals surface area (Å²) in [4.78, 5) is 36.1. The molecule has 0 unspecified atom stereocenters. The van der Waals surface area contributed by atoms with Gasteiger partial charge in [-0.3, -0.25) is 14.2 Å². The van der Waals surface area contributed by atoms with Crippen LogP contribution in [-0.4, -0.2) is 48.3 Å². The third kappa shape index (κ3) is 4.54. The fourth-order valence-corrected chi connectivity index (χ4v) is 2.40. The zero-order chi connectivity index (χ0) is 19.2. The minimum absolute atomic E-state index is 0.114. The second-order valence-electron chi connectivity index (χ2n) is 5.84. The molecule has 10 nitrogen and oxygen atoms in total. The average Bonchev–Trinajstić information content (AvgIpc) is 3.00. The van der Waals surface area contributed by atoms with Crippen molar-refractivity contribution in [2.24, 2.45) is 0 Å². The molecule has 0 atom stereocenters. The molecule has 0 aliphatic rings. The number of nitrogens with zero attached hydrogens (tertiary/aromatic N) is 6. The van der Waals surface area contributed by atoms with Crippen molar-refractivity contribution in [3.63, 3.8) is 0 Å². The van der Waals surface area contributed by atoms with Crippen LogP contribution in [0, 0.1) is 13.8 Å². The summed E-state index contributed by atoms with van der Waals surface area (Å²) in [5.74, 6) is 1.07. The van der Waals surface area contributed by atoms with E-state index < -0.39 is 0 Å². The first-order valence-electron chi connectivity index (χ1n) is 8.40. The Morgan fingerprint density at radius 3 is 2.78 bits per heavy atom. The van der Waals surface area contributed by atoms with Crippen molar-refractivity contribution in [3.8, 4) is 5.82 Å². The fraction of sp³-hybridized carbons (Fsp3) is 0.294. The number of hydrogen-bond acceptors (Lipinski definition) is 7. The van der Waals surface area contributed by atoms with E-state index in [1.165, 1.54) is 24.7 Å². The molecule has 3 aromatic heterocycles.